The zero-order chi connectivity index (χ0) is 22.8. The van der Waals surface area contributed by atoms with E-state index in [-0.39, 0.29) is 22.1 Å². The first-order valence-electron chi connectivity index (χ1n) is 9.54. The van der Waals surface area contributed by atoms with Crippen LogP contribution in [-0.4, -0.2) is 49.0 Å². The number of amides is 1. The fraction of sp³-hybridized carbons (Fsp3) is 0.227. The van der Waals surface area contributed by atoms with Gasteiger partial charge in [-0.25, -0.2) is 13.4 Å². The van der Waals surface area contributed by atoms with E-state index in [2.05, 4.69) is 9.97 Å². The number of ether oxygens (including phenoxy) is 1. The van der Waals surface area contributed by atoms with Gasteiger partial charge in [0.2, 0.25) is 0 Å². The van der Waals surface area contributed by atoms with Crippen LogP contribution in [0.1, 0.15) is 22.8 Å². The van der Waals surface area contributed by atoms with Crippen molar-refractivity contribution in [2.75, 3.05) is 19.8 Å². The number of nitrogens with zero attached hydrogens (tertiary/aromatic N) is 2. The lowest BCUT2D eigenvalue weighted by atomic mass is 10.1. The number of carbonyl (C=O) groups excluding carboxylic acids is 1. The largest absolute Gasteiger partial charge is 0.457 e. The molecule has 31 heavy (non-hydrogen) atoms. The number of carbonyl (C=O) groups is 1. The van der Waals surface area contributed by atoms with Gasteiger partial charge in [-0.05, 0) is 49.4 Å². The molecule has 0 fully saturated rings. The van der Waals surface area contributed by atoms with Crippen molar-refractivity contribution in [3.8, 4) is 22.9 Å². The standard InChI is InChI=1S/C22H23N3O5S/c1-5-31(28,29)19-8-6-17(7-9-19)30-18-11-15(10-16(12-18)22(27)25(3)4)20-23-13-14(2)21(26)24-20/h6-13H,5H2,1-4H3,(H,23,24,26). The van der Waals surface area contributed by atoms with Gasteiger partial charge in [0.05, 0.1) is 10.6 Å². The quantitative estimate of drug-likeness (QED) is 0.630. The summed E-state index contributed by atoms with van der Waals surface area (Å²) in [5.41, 5.74) is 1.06. The summed E-state index contributed by atoms with van der Waals surface area (Å²) in [5, 5.41) is 0. The molecule has 0 bridgehead atoms. The van der Waals surface area contributed by atoms with Crippen LogP contribution in [0, 0.1) is 6.92 Å². The second-order valence-electron chi connectivity index (χ2n) is 7.17. The van der Waals surface area contributed by atoms with Gasteiger partial charge in [-0.2, -0.15) is 0 Å². The Bertz CT molecular complexity index is 1280. The molecule has 0 atom stereocenters. The summed E-state index contributed by atoms with van der Waals surface area (Å²) in [5.74, 6) is 0.814. The molecule has 0 unspecified atom stereocenters. The third kappa shape index (κ3) is 5.00. The number of benzene rings is 2. The zero-order valence-corrected chi connectivity index (χ0v) is 18.5. The van der Waals surface area contributed by atoms with Crippen molar-refractivity contribution in [1.82, 2.24) is 14.9 Å². The molecule has 0 saturated carbocycles. The fourth-order valence-corrected chi connectivity index (χ4v) is 3.68. The molecule has 8 nitrogen and oxygen atoms in total. The third-order valence-electron chi connectivity index (χ3n) is 4.61. The van der Waals surface area contributed by atoms with Gasteiger partial charge in [0.25, 0.3) is 11.5 Å². The highest BCUT2D eigenvalue weighted by Crippen LogP contribution is 2.29. The van der Waals surface area contributed by atoms with E-state index in [4.69, 9.17) is 4.74 Å². The number of hydrogen-bond acceptors (Lipinski definition) is 6. The lowest BCUT2D eigenvalue weighted by molar-refractivity contribution is 0.0827. The average Bonchev–Trinajstić information content (AvgIpc) is 2.75. The number of rotatable bonds is 6. The molecule has 3 rings (SSSR count). The maximum Gasteiger partial charge on any atom is 0.254 e. The van der Waals surface area contributed by atoms with E-state index in [0.717, 1.165) is 0 Å². The second kappa shape index (κ2) is 8.73. The Balaban J connectivity index is 2.03. The van der Waals surface area contributed by atoms with E-state index in [1.165, 1.54) is 23.2 Å². The number of sulfone groups is 1. The number of aromatic nitrogens is 2. The average molecular weight is 442 g/mol. The summed E-state index contributed by atoms with van der Waals surface area (Å²) in [7, 11) is -0.0467. The van der Waals surface area contributed by atoms with Crippen molar-refractivity contribution >= 4 is 15.7 Å². The molecule has 1 amide bonds. The zero-order valence-electron chi connectivity index (χ0n) is 17.7. The summed E-state index contributed by atoms with van der Waals surface area (Å²) in [6.45, 7) is 3.23. The highest BCUT2D eigenvalue weighted by atomic mass is 32.2. The van der Waals surface area contributed by atoms with Crippen LogP contribution in [0.3, 0.4) is 0 Å². The molecule has 0 radical (unpaired) electrons. The molecule has 1 aromatic heterocycles. The maximum absolute atomic E-state index is 12.6. The van der Waals surface area contributed by atoms with Gasteiger partial charge in [0.15, 0.2) is 9.84 Å². The van der Waals surface area contributed by atoms with Crippen molar-refractivity contribution in [2.45, 2.75) is 18.7 Å². The SMILES string of the molecule is CCS(=O)(=O)c1ccc(Oc2cc(C(=O)N(C)C)cc(-c3ncc(C)c(=O)[nH]3)c2)cc1. The molecule has 9 heteroatoms. The van der Waals surface area contributed by atoms with Gasteiger partial charge in [-0.15, -0.1) is 0 Å². The van der Waals surface area contributed by atoms with E-state index >= 15 is 0 Å². The molecule has 0 saturated heterocycles. The topological polar surface area (TPSA) is 109 Å². The van der Waals surface area contributed by atoms with Gasteiger partial charge in [-0.3, -0.25) is 9.59 Å². The van der Waals surface area contributed by atoms with Gasteiger partial charge in [-0.1, -0.05) is 6.92 Å². The van der Waals surface area contributed by atoms with Crippen molar-refractivity contribution in [3.63, 3.8) is 0 Å². The van der Waals surface area contributed by atoms with Crippen LogP contribution in [0.2, 0.25) is 0 Å². The van der Waals surface area contributed by atoms with Crippen LogP contribution in [0.15, 0.2) is 58.4 Å². The number of H-pyrrole nitrogens is 1. The molecule has 3 aromatic rings. The van der Waals surface area contributed by atoms with Crippen LogP contribution >= 0.6 is 0 Å². The predicted octanol–water partition coefficient (Wildman–Crippen LogP) is 3.03. The Kier molecular flexibility index (Phi) is 6.26. The Morgan fingerprint density at radius 3 is 2.35 bits per heavy atom. The van der Waals surface area contributed by atoms with E-state index in [0.29, 0.717) is 34.0 Å². The minimum Gasteiger partial charge on any atom is -0.457 e. The summed E-state index contributed by atoms with van der Waals surface area (Å²) < 4.78 is 29.9. The minimum atomic E-state index is -3.31. The van der Waals surface area contributed by atoms with Crippen LogP contribution in [-0.2, 0) is 9.84 Å². The molecule has 2 aromatic carbocycles. The summed E-state index contributed by atoms with van der Waals surface area (Å²) in [6.07, 6.45) is 1.46. The van der Waals surface area contributed by atoms with Crippen molar-refractivity contribution < 1.29 is 17.9 Å². The molecular formula is C22H23N3O5S. The van der Waals surface area contributed by atoms with Crippen LogP contribution < -0.4 is 10.3 Å². The molecule has 1 heterocycles. The summed E-state index contributed by atoms with van der Waals surface area (Å²) >= 11 is 0. The van der Waals surface area contributed by atoms with Crippen LogP contribution in [0.25, 0.3) is 11.4 Å². The molecule has 1 N–H and O–H groups in total. The molecule has 0 spiro atoms. The fourth-order valence-electron chi connectivity index (χ4n) is 2.80. The lowest BCUT2D eigenvalue weighted by Gasteiger charge is -2.14. The monoisotopic (exact) mass is 441 g/mol. The van der Waals surface area contributed by atoms with Gasteiger partial charge < -0.3 is 14.6 Å². The third-order valence-corrected chi connectivity index (χ3v) is 6.36. The first kappa shape index (κ1) is 22.2. The molecule has 0 aliphatic rings. The maximum atomic E-state index is 12.6. The van der Waals surface area contributed by atoms with Gasteiger partial charge >= 0.3 is 0 Å². The molecular weight excluding hydrogens is 418 g/mol. The number of hydrogen-bond donors (Lipinski definition) is 1. The predicted molar refractivity (Wildman–Crippen MR) is 117 cm³/mol. The highest BCUT2D eigenvalue weighted by Gasteiger charge is 2.15. The Hall–Kier alpha value is -3.46. The van der Waals surface area contributed by atoms with Crippen molar-refractivity contribution in [1.29, 1.82) is 0 Å². The number of nitrogens with one attached hydrogen (secondary N) is 1. The smallest absolute Gasteiger partial charge is 0.254 e. The molecule has 0 aliphatic heterocycles. The highest BCUT2D eigenvalue weighted by molar-refractivity contribution is 7.91. The lowest BCUT2D eigenvalue weighted by Crippen LogP contribution is -2.21. The normalized spacial score (nSPS) is 11.2. The summed E-state index contributed by atoms with van der Waals surface area (Å²) in [6, 6.07) is 10.9. The van der Waals surface area contributed by atoms with Crippen molar-refractivity contribution in [3.05, 3.63) is 70.1 Å². The van der Waals surface area contributed by atoms with E-state index in [1.807, 2.05) is 0 Å². The first-order valence-corrected chi connectivity index (χ1v) is 11.2. The second-order valence-corrected chi connectivity index (χ2v) is 9.44. The Morgan fingerprint density at radius 1 is 1.10 bits per heavy atom. The summed E-state index contributed by atoms with van der Waals surface area (Å²) in [4.78, 5) is 33.1. The molecule has 162 valence electrons. The van der Waals surface area contributed by atoms with Gasteiger partial charge in [0, 0.05) is 37.0 Å². The van der Waals surface area contributed by atoms with Crippen LogP contribution in [0.5, 0.6) is 11.5 Å². The first-order chi connectivity index (χ1) is 14.6. The number of aromatic amines is 1. The minimum absolute atomic E-state index is 0.00695. The number of aryl methyl sites for hydroxylation is 1. The van der Waals surface area contributed by atoms with Gasteiger partial charge in [0.1, 0.15) is 17.3 Å². The van der Waals surface area contributed by atoms with E-state index in [9.17, 15) is 18.0 Å². The van der Waals surface area contributed by atoms with Crippen LogP contribution in [0.4, 0.5) is 0 Å². The Morgan fingerprint density at radius 2 is 1.77 bits per heavy atom. The van der Waals surface area contributed by atoms with Crippen molar-refractivity contribution in [2.24, 2.45) is 0 Å². The van der Waals surface area contributed by atoms with E-state index < -0.39 is 9.84 Å². The van der Waals surface area contributed by atoms with E-state index in [1.54, 1.807) is 58.3 Å². The molecule has 0 aliphatic carbocycles. The Labute approximate surface area is 180 Å².